The predicted octanol–water partition coefficient (Wildman–Crippen LogP) is 3.45. The number of hydrogen-bond acceptors (Lipinski definition) is 5. The van der Waals surface area contributed by atoms with Crippen molar-refractivity contribution < 1.29 is 22.7 Å². The molecule has 8 nitrogen and oxygen atoms in total. The highest BCUT2D eigenvalue weighted by molar-refractivity contribution is 7.92. The van der Waals surface area contributed by atoms with Gasteiger partial charge in [0.1, 0.15) is 18.3 Å². The standard InChI is InChI=1S/C24H32ClN3O5S/c1-17(23(30)26-24(2,3)4)27(15-18-9-7-10-19(25)13-18)22(29)16-28(34(6,31)32)20-11-8-12-21(14-20)33-5/h7-14,17H,15-16H2,1-6H3,(H,26,30)/t17-/m1/s1. The highest BCUT2D eigenvalue weighted by Crippen LogP contribution is 2.24. The number of nitrogens with zero attached hydrogens (tertiary/aromatic N) is 2. The molecule has 0 aliphatic heterocycles. The predicted molar refractivity (Wildman–Crippen MR) is 135 cm³/mol. The van der Waals surface area contributed by atoms with Gasteiger partial charge in [-0.1, -0.05) is 29.8 Å². The maximum atomic E-state index is 13.5. The summed E-state index contributed by atoms with van der Waals surface area (Å²) in [4.78, 5) is 27.8. The van der Waals surface area contributed by atoms with Crippen LogP contribution in [0.25, 0.3) is 0 Å². The maximum Gasteiger partial charge on any atom is 0.244 e. The number of carbonyl (C=O) groups excluding carboxylic acids is 2. The molecule has 34 heavy (non-hydrogen) atoms. The number of nitrogens with one attached hydrogen (secondary N) is 1. The third-order valence-electron chi connectivity index (χ3n) is 4.93. The van der Waals surface area contributed by atoms with E-state index in [4.69, 9.17) is 16.3 Å². The Bertz CT molecular complexity index is 1130. The van der Waals surface area contributed by atoms with E-state index in [1.165, 1.54) is 18.1 Å². The number of hydrogen-bond donors (Lipinski definition) is 1. The summed E-state index contributed by atoms with van der Waals surface area (Å²) in [6.07, 6.45) is 1.02. The molecular formula is C24H32ClN3O5S. The molecular weight excluding hydrogens is 478 g/mol. The highest BCUT2D eigenvalue weighted by Gasteiger charge is 2.31. The van der Waals surface area contributed by atoms with Crippen LogP contribution in [-0.2, 0) is 26.2 Å². The summed E-state index contributed by atoms with van der Waals surface area (Å²) in [5, 5.41) is 3.37. The molecule has 2 rings (SSSR count). The molecule has 0 aliphatic carbocycles. The normalized spacial score (nSPS) is 12.6. The Hall–Kier alpha value is -2.78. The van der Waals surface area contributed by atoms with Crippen molar-refractivity contribution in [2.24, 2.45) is 0 Å². The Labute approximate surface area is 206 Å². The second-order valence-electron chi connectivity index (χ2n) is 9.04. The van der Waals surface area contributed by atoms with Gasteiger partial charge in [-0.25, -0.2) is 8.42 Å². The van der Waals surface area contributed by atoms with Crippen LogP contribution in [0, 0.1) is 0 Å². The first-order valence-electron chi connectivity index (χ1n) is 10.7. The topological polar surface area (TPSA) is 96.0 Å². The van der Waals surface area contributed by atoms with Crippen molar-refractivity contribution in [3.8, 4) is 5.75 Å². The first-order valence-corrected chi connectivity index (χ1v) is 12.9. The van der Waals surface area contributed by atoms with E-state index in [-0.39, 0.29) is 18.1 Å². The number of benzene rings is 2. The Morgan fingerprint density at radius 3 is 2.32 bits per heavy atom. The van der Waals surface area contributed by atoms with Crippen LogP contribution >= 0.6 is 11.6 Å². The lowest BCUT2D eigenvalue weighted by molar-refractivity contribution is -0.140. The number of carbonyl (C=O) groups is 2. The molecule has 1 N–H and O–H groups in total. The van der Waals surface area contributed by atoms with Crippen LogP contribution in [0.15, 0.2) is 48.5 Å². The summed E-state index contributed by atoms with van der Waals surface area (Å²) in [6.45, 7) is 6.73. The Balaban J connectivity index is 2.42. The Kier molecular flexibility index (Phi) is 8.96. The second kappa shape index (κ2) is 11.1. The molecule has 2 aromatic carbocycles. The van der Waals surface area contributed by atoms with E-state index in [2.05, 4.69) is 5.32 Å². The van der Waals surface area contributed by atoms with Crippen molar-refractivity contribution in [3.63, 3.8) is 0 Å². The quantitative estimate of drug-likeness (QED) is 0.558. The zero-order chi connectivity index (χ0) is 25.7. The van der Waals surface area contributed by atoms with E-state index in [0.717, 1.165) is 10.6 Å². The second-order valence-corrected chi connectivity index (χ2v) is 11.4. The average molecular weight is 510 g/mol. The summed E-state index contributed by atoms with van der Waals surface area (Å²) in [7, 11) is -2.35. The van der Waals surface area contributed by atoms with Gasteiger partial charge in [0, 0.05) is 23.2 Å². The van der Waals surface area contributed by atoms with Crippen LogP contribution in [0.2, 0.25) is 5.02 Å². The summed E-state index contributed by atoms with van der Waals surface area (Å²) >= 11 is 6.11. The van der Waals surface area contributed by atoms with Gasteiger partial charge in [0.25, 0.3) is 0 Å². The molecule has 10 heteroatoms. The Morgan fingerprint density at radius 2 is 1.76 bits per heavy atom. The third-order valence-corrected chi connectivity index (χ3v) is 6.30. The van der Waals surface area contributed by atoms with Crippen molar-refractivity contribution in [3.05, 3.63) is 59.1 Å². The van der Waals surface area contributed by atoms with Crippen molar-refractivity contribution >= 4 is 39.1 Å². The van der Waals surface area contributed by atoms with Gasteiger partial charge in [-0.05, 0) is 57.5 Å². The number of ether oxygens (including phenoxy) is 1. The first kappa shape index (κ1) is 27.5. The van der Waals surface area contributed by atoms with Crippen molar-refractivity contribution in [1.29, 1.82) is 0 Å². The van der Waals surface area contributed by atoms with Crippen LogP contribution in [-0.4, -0.2) is 56.6 Å². The van der Waals surface area contributed by atoms with Gasteiger partial charge in [0.2, 0.25) is 21.8 Å². The van der Waals surface area contributed by atoms with Crippen LogP contribution in [0.1, 0.15) is 33.3 Å². The van der Waals surface area contributed by atoms with E-state index in [9.17, 15) is 18.0 Å². The summed E-state index contributed by atoms with van der Waals surface area (Å²) in [6, 6.07) is 12.5. The monoisotopic (exact) mass is 509 g/mol. The fourth-order valence-electron chi connectivity index (χ4n) is 3.27. The van der Waals surface area contributed by atoms with Crippen LogP contribution in [0.4, 0.5) is 5.69 Å². The summed E-state index contributed by atoms with van der Waals surface area (Å²) in [5.74, 6) is -0.438. The minimum absolute atomic E-state index is 0.0772. The zero-order valence-corrected chi connectivity index (χ0v) is 21.9. The minimum Gasteiger partial charge on any atom is -0.497 e. The summed E-state index contributed by atoms with van der Waals surface area (Å²) < 4.78 is 31.4. The van der Waals surface area contributed by atoms with Crippen LogP contribution in [0.3, 0.4) is 0 Å². The van der Waals surface area contributed by atoms with E-state index < -0.39 is 34.1 Å². The number of rotatable bonds is 9. The van der Waals surface area contributed by atoms with E-state index in [0.29, 0.717) is 16.3 Å². The highest BCUT2D eigenvalue weighted by atomic mass is 35.5. The lowest BCUT2D eigenvalue weighted by Gasteiger charge is -2.33. The van der Waals surface area contributed by atoms with Gasteiger partial charge in [-0.15, -0.1) is 0 Å². The molecule has 0 saturated heterocycles. The molecule has 0 bridgehead atoms. The number of anilines is 1. The number of halogens is 1. The maximum absolute atomic E-state index is 13.5. The average Bonchev–Trinajstić information content (AvgIpc) is 2.73. The molecule has 2 aromatic rings. The Morgan fingerprint density at radius 1 is 1.12 bits per heavy atom. The van der Waals surface area contributed by atoms with Gasteiger partial charge in [0.05, 0.1) is 19.1 Å². The van der Waals surface area contributed by atoms with E-state index in [1.54, 1.807) is 49.4 Å². The van der Waals surface area contributed by atoms with E-state index >= 15 is 0 Å². The first-order chi connectivity index (χ1) is 15.7. The number of amides is 2. The lowest BCUT2D eigenvalue weighted by Crippen LogP contribution is -2.54. The molecule has 0 fully saturated rings. The molecule has 1 atom stereocenters. The third kappa shape index (κ3) is 7.92. The van der Waals surface area contributed by atoms with Gasteiger partial charge in [-0.3, -0.25) is 13.9 Å². The van der Waals surface area contributed by atoms with Gasteiger partial charge in [-0.2, -0.15) is 0 Å². The zero-order valence-electron chi connectivity index (χ0n) is 20.3. The molecule has 186 valence electrons. The molecule has 0 radical (unpaired) electrons. The fraction of sp³-hybridized carbons (Fsp3) is 0.417. The smallest absolute Gasteiger partial charge is 0.244 e. The molecule has 2 amide bonds. The number of methoxy groups -OCH3 is 1. The molecule has 0 spiro atoms. The lowest BCUT2D eigenvalue weighted by atomic mass is 10.1. The molecule has 0 aromatic heterocycles. The van der Waals surface area contributed by atoms with Crippen molar-refractivity contribution in [2.45, 2.75) is 45.8 Å². The molecule has 0 aliphatic rings. The van der Waals surface area contributed by atoms with Crippen molar-refractivity contribution in [2.75, 3.05) is 24.2 Å². The van der Waals surface area contributed by atoms with Gasteiger partial charge >= 0.3 is 0 Å². The molecule has 0 heterocycles. The largest absolute Gasteiger partial charge is 0.497 e. The summed E-state index contributed by atoms with van der Waals surface area (Å²) in [5.41, 5.74) is 0.489. The SMILES string of the molecule is COc1cccc(N(CC(=O)N(Cc2cccc(Cl)c2)[C@H](C)C(=O)NC(C)(C)C)S(C)(=O)=O)c1. The van der Waals surface area contributed by atoms with Gasteiger partial charge in [0.15, 0.2) is 0 Å². The van der Waals surface area contributed by atoms with E-state index in [1.807, 2.05) is 20.8 Å². The van der Waals surface area contributed by atoms with Crippen LogP contribution < -0.4 is 14.4 Å². The fourth-order valence-corrected chi connectivity index (χ4v) is 4.32. The van der Waals surface area contributed by atoms with Gasteiger partial charge < -0.3 is 15.0 Å². The molecule has 0 unspecified atom stereocenters. The van der Waals surface area contributed by atoms with Crippen molar-refractivity contribution in [1.82, 2.24) is 10.2 Å². The number of sulfonamides is 1. The molecule has 0 saturated carbocycles. The minimum atomic E-state index is -3.82. The van der Waals surface area contributed by atoms with Crippen LogP contribution in [0.5, 0.6) is 5.75 Å².